The number of hydrogen-bond acceptors (Lipinski definition) is 5. The quantitative estimate of drug-likeness (QED) is 0.567. The van der Waals surface area contributed by atoms with E-state index in [-0.39, 0.29) is 29.7 Å². The average Bonchev–Trinajstić information content (AvgIpc) is 3.04. The molecule has 4 rings (SSSR count). The summed E-state index contributed by atoms with van der Waals surface area (Å²) < 4.78 is 92.2. The smallest absolute Gasteiger partial charge is 0.384 e. The molecule has 0 aliphatic carbocycles. The van der Waals surface area contributed by atoms with E-state index in [1.165, 1.54) is 0 Å². The van der Waals surface area contributed by atoms with Gasteiger partial charge in [0, 0.05) is 30.1 Å². The van der Waals surface area contributed by atoms with Crippen LogP contribution in [0.1, 0.15) is 11.9 Å². The summed E-state index contributed by atoms with van der Waals surface area (Å²) in [7, 11) is -4.12. The second kappa shape index (κ2) is 7.39. The molecule has 1 aromatic carbocycles. The minimum absolute atomic E-state index is 0.0227. The molecule has 31 heavy (non-hydrogen) atoms. The van der Waals surface area contributed by atoms with Crippen molar-refractivity contribution in [2.45, 2.75) is 12.3 Å². The molecule has 166 valence electrons. The molecular formula is C17H15F5N6O2S. The van der Waals surface area contributed by atoms with E-state index in [0.29, 0.717) is 0 Å². The van der Waals surface area contributed by atoms with Crippen molar-refractivity contribution >= 4 is 26.8 Å². The van der Waals surface area contributed by atoms with Crippen molar-refractivity contribution in [3.63, 3.8) is 0 Å². The summed E-state index contributed by atoms with van der Waals surface area (Å²) in [5, 5.41) is 11.9. The first-order valence-electron chi connectivity index (χ1n) is 8.84. The Morgan fingerprint density at radius 1 is 1.19 bits per heavy atom. The third-order valence-corrected chi connectivity index (χ3v) is 5.93. The molecular weight excluding hydrogens is 447 g/mol. The highest BCUT2D eigenvalue weighted by atomic mass is 32.2. The van der Waals surface area contributed by atoms with Crippen molar-refractivity contribution in [3.8, 4) is 0 Å². The number of benzene rings is 1. The first kappa shape index (κ1) is 21.4. The molecule has 3 heterocycles. The van der Waals surface area contributed by atoms with Crippen molar-refractivity contribution in [2.24, 2.45) is 11.1 Å². The fourth-order valence-corrected chi connectivity index (χ4v) is 4.46. The van der Waals surface area contributed by atoms with Gasteiger partial charge in [0.05, 0.1) is 17.9 Å². The van der Waals surface area contributed by atoms with Gasteiger partial charge in [0.15, 0.2) is 5.82 Å². The first-order valence-corrected chi connectivity index (χ1v) is 10.3. The third kappa shape index (κ3) is 4.18. The number of pyridine rings is 1. The van der Waals surface area contributed by atoms with Gasteiger partial charge >= 0.3 is 6.18 Å². The highest BCUT2D eigenvalue weighted by Gasteiger charge is 2.46. The lowest BCUT2D eigenvalue weighted by atomic mass is 9.98. The summed E-state index contributed by atoms with van der Waals surface area (Å²) in [5.41, 5.74) is -1.26. The van der Waals surface area contributed by atoms with Crippen LogP contribution >= 0.6 is 0 Å². The van der Waals surface area contributed by atoms with Crippen molar-refractivity contribution in [2.75, 3.05) is 18.4 Å². The highest BCUT2D eigenvalue weighted by Crippen LogP contribution is 2.37. The van der Waals surface area contributed by atoms with Crippen molar-refractivity contribution < 1.29 is 30.4 Å². The number of nitrogens with one attached hydrogen (secondary N) is 1. The number of anilines is 1. The van der Waals surface area contributed by atoms with Crippen molar-refractivity contribution in [3.05, 3.63) is 54.0 Å². The first-order chi connectivity index (χ1) is 14.4. The van der Waals surface area contributed by atoms with Gasteiger partial charge in [-0.15, -0.1) is 0 Å². The summed E-state index contributed by atoms with van der Waals surface area (Å²) in [6.45, 7) is -0.0907. The van der Waals surface area contributed by atoms with Crippen LogP contribution in [-0.2, 0) is 16.4 Å². The largest absolute Gasteiger partial charge is 0.433 e. The molecule has 2 unspecified atom stereocenters. The molecule has 1 aliphatic heterocycles. The van der Waals surface area contributed by atoms with Gasteiger partial charge in [-0.3, -0.25) is 4.68 Å². The number of aromatic nitrogens is 3. The molecule has 3 N–H and O–H groups in total. The van der Waals surface area contributed by atoms with E-state index in [9.17, 15) is 30.4 Å². The lowest BCUT2D eigenvalue weighted by molar-refractivity contribution is -0.140. The summed E-state index contributed by atoms with van der Waals surface area (Å²) in [4.78, 5) is 3.53. The summed E-state index contributed by atoms with van der Waals surface area (Å²) in [6, 6.07) is 3.92. The molecule has 3 aromatic rings. The van der Waals surface area contributed by atoms with E-state index >= 15 is 0 Å². The number of halogens is 5. The molecule has 1 saturated heterocycles. The molecule has 0 amide bonds. The zero-order valence-electron chi connectivity index (χ0n) is 15.5. The van der Waals surface area contributed by atoms with Crippen LogP contribution in [0, 0.1) is 17.6 Å². The van der Waals surface area contributed by atoms with E-state index < -0.39 is 45.8 Å². The molecule has 2 aromatic heterocycles. The van der Waals surface area contributed by atoms with Crippen LogP contribution in [0.3, 0.4) is 0 Å². The number of nitrogens with zero attached hydrogens (tertiary/aromatic N) is 4. The monoisotopic (exact) mass is 462 g/mol. The average molecular weight is 462 g/mol. The summed E-state index contributed by atoms with van der Waals surface area (Å²) in [5.74, 6) is -1.87. The Balaban J connectivity index is 1.64. The molecule has 14 heteroatoms. The van der Waals surface area contributed by atoms with Crippen LogP contribution < -0.4 is 10.5 Å². The number of rotatable bonds is 5. The standard InChI is InChI=1S/C17H15F5N6O2S/c18-10-1-2-13-12(3-10)14(4-15(26-13)17(20,21)22)24-5-9-7-28(31(23,29)30)16(9)27-8-11(19)6-25-27/h1-4,6,8-9,16H,5,7H2,(H,24,26)(H2,23,29,30). The minimum Gasteiger partial charge on any atom is -0.384 e. The minimum atomic E-state index is -4.73. The molecule has 1 aliphatic rings. The molecule has 1 fully saturated rings. The maximum Gasteiger partial charge on any atom is 0.433 e. The van der Waals surface area contributed by atoms with Crippen LogP contribution in [0.25, 0.3) is 10.9 Å². The molecule has 0 saturated carbocycles. The normalized spacial score (nSPS) is 20.1. The number of nitrogens with two attached hydrogens (primary N) is 1. The molecule has 0 bridgehead atoms. The Labute approximate surface area is 172 Å². The Bertz CT molecular complexity index is 1250. The van der Waals surface area contributed by atoms with E-state index in [2.05, 4.69) is 15.4 Å². The Kier molecular flexibility index (Phi) is 5.10. The molecule has 0 radical (unpaired) electrons. The molecule has 0 spiro atoms. The second-order valence-electron chi connectivity index (χ2n) is 7.02. The predicted molar refractivity (Wildman–Crippen MR) is 99.7 cm³/mol. The van der Waals surface area contributed by atoms with Gasteiger partial charge in [-0.1, -0.05) is 0 Å². The number of hydrogen-bond donors (Lipinski definition) is 2. The molecule has 8 nitrogen and oxygen atoms in total. The van der Waals surface area contributed by atoms with Gasteiger partial charge in [-0.05, 0) is 24.3 Å². The van der Waals surface area contributed by atoms with Gasteiger partial charge in [-0.25, -0.2) is 18.9 Å². The Hall–Kier alpha value is -2.84. The van der Waals surface area contributed by atoms with E-state index in [1.807, 2.05) is 0 Å². The maximum absolute atomic E-state index is 13.7. The highest BCUT2D eigenvalue weighted by molar-refractivity contribution is 7.86. The lowest BCUT2D eigenvalue weighted by Gasteiger charge is -2.45. The summed E-state index contributed by atoms with van der Waals surface area (Å²) >= 11 is 0. The van der Waals surface area contributed by atoms with Crippen molar-refractivity contribution in [1.29, 1.82) is 0 Å². The fourth-order valence-electron chi connectivity index (χ4n) is 3.49. The van der Waals surface area contributed by atoms with Crippen LogP contribution in [0.15, 0.2) is 36.7 Å². The van der Waals surface area contributed by atoms with Gasteiger partial charge in [0.2, 0.25) is 0 Å². The summed E-state index contributed by atoms with van der Waals surface area (Å²) in [6.07, 6.45) is -3.83. The van der Waals surface area contributed by atoms with Gasteiger partial charge in [0.25, 0.3) is 10.2 Å². The third-order valence-electron chi connectivity index (χ3n) is 4.91. The zero-order valence-corrected chi connectivity index (χ0v) is 16.3. The topological polar surface area (TPSA) is 106 Å². The Morgan fingerprint density at radius 2 is 1.94 bits per heavy atom. The van der Waals surface area contributed by atoms with Gasteiger partial charge in [0.1, 0.15) is 17.7 Å². The van der Waals surface area contributed by atoms with Gasteiger partial charge < -0.3 is 5.32 Å². The van der Waals surface area contributed by atoms with Crippen LogP contribution in [0.4, 0.5) is 27.6 Å². The maximum atomic E-state index is 13.7. The number of fused-ring (bicyclic) bond motifs is 1. The van der Waals surface area contributed by atoms with Crippen molar-refractivity contribution in [1.82, 2.24) is 19.1 Å². The van der Waals surface area contributed by atoms with Crippen LogP contribution in [0.2, 0.25) is 0 Å². The Morgan fingerprint density at radius 3 is 2.55 bits per heavy atom. The number of alkyl halides is 3. The lowest BCUT2D eigenvalue weighted by Crippen LogP contribution is -2.58. The van der Waals surface area contributed by atoms with E-state index in [4.69, 9.17) is 5.14 Å². The SMILES string of the molecule is NS(=O)(=O)N1CC(CNc2cc(C(F)(F)F)nc3ccc(F)cc23)C1n1cc(F)cn1. The second-order valence-corrected chi connectivity index (χ2v) is 8.52. The van der Waals surface area contributed by atoms with Gasteiger partial charge in [-0.2, -0.15) is 31.0 Å². The van der Waals surface area contributed by atoms with Crippen LogP contribution in [0.5, 0.6) is 0 Å². The van der Waals surface area contributed by atoms with E-state index in [1.54, 1.807) is 0 Å². The van der Waals surface area contributed by atoms with E-state index in [0.717, 1.165) is 45.6 Å². The zero-order chi connectivity index (χ0) is 22.6. The van der Waals surface area contributed by atoms with Crippen LogP contribution in [-0.4, -0.2) is 40.6 Å². The predicted octanol–water partition coefficient (Wildman–Crippen LogP) is 2.47. The molecule has 2 atom stereocenters. The fraction of sp³-hybridized carbons (Fsp3) is 0.294.